The number of carbonyl (C=O) groups is 2. The summed E-state index contributed by atoms with van der Waals surface area (Å²) in [6, 6.07) is 5.36. The quantitative estimate of drug-likeness (QED) is 0.820. The summed E-state index contributed by atoms with van der Waals surface area (Å²) >= 11 is 1.86. The van der Waals surface area contributed by atoms with Crippen LogP contribution >= 0.6 is 24.2 Å². The lowest BCUT2D eigenvalue weighted by molar-refractivity contribution is -0.116. The summed E-state index contributed by atoms with van der Waals surface area (Å²) in [6.07, 6.45) is 0.439. The van der Waals surface area contributed by atoms with Crippen LogP contribution in [0.1, 0.15) is 22.3 Å². The van der Waals surface area contributed by atoms with E-state index in [1.807, 2.05) is 18.7 Å². The molecule has 0 aliphatic carbocycles. The largest absolute Gasteiger partial charge is 0.465 e. The van der Waals surface area contributed by atoms with E-state index < -0.39 is 5.97 Å². The molecule has 1 saturated heterocycles. The Morgan fingerprint density at radius 3 is 2.86 bits per heavy atom. The maximum absolute atomic E-state index is 12.1. The summed E-state index contributed by atoms with van der Waals surface area (Å²) in [6.45, 7) is 2.84. The number of rotatable bonds is 4. The molecule has 1 atom stereocenters. The molecule has 1 aromatic carbocycles. The van der Waals surface area contributed by atoms with E-state index in [9.17, 15) is 9.59 Å². The maximum atomic E-state index is 12.1. The molecule has 1 unspecified atom stereocenters. The molecule has 0 aromatic heterocycles. The highest BCUT2D eigenvalue weighted by Crippen LogP contribution is 2.18. The molecule has 0 saturated carbocycles. The highest BCUT2D eigenvalue weighted by Gasteiger charge is 2.17. The summed E-state index contributed by atoms with van der Waals surface area (Å²) in [4.78, 5) is 23.6. The molecule has 1 amide bonds. The summed E-state index contributed by atoms with van der Waals surface area (Å²) < 4.78 is 4.69. The van der Waals surface area contributed by atoms with Crippen LogP contribution in [0, 0.1) is 6.92 Å². The molecule has 1 aliphatic heterocycles. The Kier molecular flexibility index (Phi) is 7.72. The third kappa shape index (κ3) is 5.19. The van der Waals surface area contributed by atoms with E-state index in [2.05, 4.69) is 10.6 Å². The Morgan fingerprint density at radius 2 is 2.23 bits per heavy atom. The Bertz CT molecular complexity index is 534. The normalized spacial score (nSPS) is 17.3. The average Bonchev–Trinajstić information content (AvgIpc) is 2.49. The molecule has 22 heavy (non-hydrogen) atoms. The van der Waals surface area contributed by atoms with Crippen LogP contribution in [0.3, 0.4) is 0 Å². The van der Waals surface area contributed by atoms with Crippen molar-refractivity contribution in [2.75, 3.05) is 30.5 Å². The molecular formula is C15H21ClN2O3S. The molecule has 122 valence electrons. The number of amides is 1. The standard InChI is InChI=1S/C15H20N2O3S.ClH/c1-10-3-4-11(15(19)20-2)7-13(10)17-14(18)8-12-9-21-6-5-16-12;/h3-4,7,12,16H,5-6,8-9H2,1-2H3,(H,17,18);1H. The number of nitrogens with one attached hydrogen (secondary N) is 2. The van der Waals surface area contributed by atoms with Crippen molar-refractivity contribution in [3.63, 3.8) is 0 Å². The highest BCUT2D eigenvalue weighted by atomic mass is 35.5. The van der Waals surface area contributed by atoms with Gasteiger partial charge in [0, 0.05) is 36.2 Å². The molecule has 0 bridgehead atoms. The fourth-order valence-electron chi connectivity index (χ4n) is 2.18. The predicted octanol–water partition coefficient (Wildman–Crippen LogP) is 2.24. The van der Waals surface area contributed by atoms with Gasteiger partial charge in [0.15, 0.2) is 0 Å². The molecule has 2 N–H and O–H groups in total. The lowest BCUT2D eigenvalue weighted by Gasteiger charge is -2.22. The highest BCUT2D eigenvalue weighted by molar-refractivity contribution is 7.99. The van der Waals surface area contributed by atoms with E-state index in [1.54, 1.807) is 18.2 Å². The molecule has 5 nitrogen and oxygen atoms in total. The third-order valence-electron chi connectivity index (χ3n) is 3.36. The van der Waals surface area contributed by atoms with Crippen LogP contribution in [-0.2, 0) is 9.53 Å². The topological polar surface area (TPSA) is 67.4 Å². The van der Waals surface area contributed by atoms with Crippen LogP contribution in [0.25, 0.3) is 0 Å². The molecule has 0 spiro atoms. The second-order valence-corrected chi connectivity index (χ2v) is 6.15. The number of carbonyl (C=O) groups excluding carboxylic acids is 2. The van der Waals surface area contributed by atoms with Gasteiger partial charge >= 0.3 is 5.97 Å². The van der Waals surface area contributed by atoms with Crippen LogP contribution in [0.4, 0.5) is 5.69 Å². The third-order valence-corrected chi connectivity index (χ3v) is 4.49. The summed E-state index contributed by atoms with van der Waals surface area (Å²) in [5, 5.41) is 6.21. The fraction of sp³-hybridized carbons (Fsp3) is 0.467. The summed E-state index contributed by atoms with van der Waals surface area (Å²) in [7, 11) is 1.34. The minimum absolute atomic E-state index is 0. The van der Waals surface area contributed by atoms with Gasteiger partial charge in [0.1, 0.15) is 0 Å². The zero-order valence-corrected chi connectivity index (χ0v) is 14.3. The first-order valence-electron chi connectivity index (χ1n) is 6.90. The number of benzene rings is 1. The van der Waals surface area contributed by atoms with Gasteiger partial charge in [-0.1, -0.05) is 6.07 Å². The number of hydrogen-bond donors (Lipinski definition) is 2. The molecule has 1 fully saturated rings. The first kappa shape index (κ1) is 18.8. The number of methoxy groups -OCH3 is 1. The van der Waals surface area contributed by atoms with Gasteiger partial charge in [-0.2, -0.15) is 11.8 Å². The molecule has 1 aromatic rings. The molecular weight excluding hydrogens is 324 g/mol. The second kappa shape index (κ2) is 9.02. The van der Waals surface area contributed by atoms with Crippen LogP contribution in [0.5, 0.6) is 0 Å². The number of aryl methyl sites for hydroxylation is 1. The van der Waals surface area contributed by atoms with Crippen LogP contribution < -0.4 is 10.6 Å². The zero-order chi connectivity index (χ0) is 15.2. The Labute approximate surface area is 141 Å². The number of ether oxygens (including phenoxy) is 1. The molecule has 7 heteroatoms. The first-order chi connectivity index (χ1) is 10.1. The van der Waals surface area contributed by atoms with E-state index >= 15 is 0 Å². The summed E-state index contributed by atoms with van der Waals surface area (Å²) in [5.41, 5.74) is 2.01. The number of hydrogen-bond acceptors (Lipinski definition) is 5. The van der Waals surface area contributed by atoms with Crippen LogP contribution in [-0.4, -0.2) is 43.1 Å². The molecule has 2 rings (SSSR count). The molecule has 0 radical (unpaired) electrons. The van der Waals surface area contributed by atoms with Gasteiger partial charge in [0.2, 0.25) is 5.91 Å². The minimum Gasteiger partial charge on any atom is -0.465 e. The van der Waals surface area contributed by atoms with Gasteiger partial charge in [-0.3, -0.25) is 4.79 Å². The minimum atomic E-state index is -0.407. The Hall–Kier alpha value is -1.24. The lowest BCUT2D eigenvalue weighted by Crippen LogP contribution is -2.39. The van der Waals surface area contributed by atoms with E-state index in [1.165, 1.54) is 7.11 Å². The summed E-state index contributed by atoms with van der Waals surface area (Å²) in [5.74, 6) is 1.60. The predicted molar refractivity (Wildman–Crippen MR) is 92.1 cm³/mol. The Balaban J connectivity index is 0.00000242. The van der Waals surface area contributed by atoms with E-state index in [0.717, 1.165) is 23.6 Å². The van der Waals surface area contributed by atoms with Crippen LogP contribution in [0.15, 0.2) is 18.2 Å². The lowest BCUT2D eigenvalue weighted by atomic mass is 10.1. The second-order valence-electron chi connectivity index (χ2n) is 5.00. The van der Waals surface area contributed by atoms with Crippen molar-refractivity contribution in [1.82, 2.24) is 5.32 Å². The molecule has 1 aliphatic rings. The van der Waals surface area contributed by atoms with Gasteiger partial charge in [0.05, 0.1) is 12.7 Å². The van der Waals surface area contributed by atoms with Crippen molar-refractivity contribution in [1.29, 1.82) is 0 Å². The van der Waals surface area contributed by atoms with Crippen molar-refractivity contribution < 1.29 is 14.3 Å². The van der Waals surface area contributed by atoms with E-state index in [-0.39, 0.29) is 24.4 Å². The number of anilines is 1. The average molecular weight is 345 g/mol. The monoisotopic (exact) mass is 344 g/mol. The van der Waals surface area contributed by atoms with Gasteiger partial charge in [-0.05, 0) is 24.6 Å². The SMILES string of the molecule is COC(=O)c1ccc(C)c(NC(=O)CC2CSCCN2)c1.Cl. The first-order valence-corrected chi connectivity index (χ1v) is 8.05. The fourth-order valence-corrected chi connectivity index (χ4v) is 3.13. The Morgan fingerprint density at radius 1 is 1.45 bits per heavy atom. The van der Waals surface area contributed by atoms with Crippen molar-refractivity contribution in [3.8, 4) is 0 Å². The van der Waals surface area contributed by atoms with Crippen molar-refractivity contribution in [3.05, 3.63) is 29.3 Å². The van der Waals surface area contributed by atoms with Gasteiger partial charge < -0.3 is 15.4 Å². The van der Waals surface area contributed by atoms with Crippen molar-refractivity contribution >= 4 is 41.7 Å². The van der Waals surface area contributed by atoms with Gasteiger partial charge in [-0.25, -0.2) is 4.79 Å². The van der Waals surface area contributed by atoms with Crippen molar-refractivity contribution in [2.45, 2.75) is 19.4 Å². The maximum Gasteiger partial charge on any atom is 0.337 e. The van der Waals surface area contributed by atoms with Crippen molar-refractivity contribution in [2.24, 2.45) is 0 Å². The van der Waals surface area contributed by atoms with E-state index in [4.69, 9.17) is 4.74 Å². The zero-order valence-electron chi connectivity index (χ0n) is 12.7. The molecule has 1 heterocycles. The smallest absolute Gasteiger partial charge is 0.337 e. The van der Waals surface area contributed by atoms with Crippen LogP contribution in [0.2, 0.25) is 0 Å². The number of esters is 1. The van der Waals surface area contributed by atoms with E-state index in [0.29, 0.717) is 17.7 Å². The number of thioether (sulfide) groups is 1. The van der Waals surface area contributed by atoms with Gasteiger partial charge in [0.25, 0.3) is 0 Å². The van der Waals surface area contributed by atoms with Gasteiger partial charge in [-0.15, -0.1) is 12.4 Å². The number of halogens is 1.